The van der Waals surface area contributed by atoms with Crippen molar-refractivity contribution < 1.29 is 4.79 Å². The van der Waals surface area contributed by atoms with Crippen molar-refractivity contribution in [1.29, 1.82) is 0 Å². The lowest BCUT2D eigenvalue weighted by molar-refractivity contribution is -0.108. The Labute approximate surface area is 367 Å². The van der Waals surface area contributed by atoms with Crippen LogP contribution in [0.25, 0.3) is 22.3 Å². The molecule has 0 unspecified atom stereocenters. The summed E-state index contributed by atoms with van der Waals surface area (Å²) < 4.78 is 0. The minimum atomic E-state index is -1.58. The molecule has 0 N–H and O–H groups in total. The number of rotatable bonds is 26. The van der Waals surface area contributed by atoms with Crippen LogP contribution in [0.15, 0.2) is 103 Å². The Kier molecular flexibility index (Phi) is 20.0. The third kappa shape index (κ3) is 15.1. The lowest BCUT2D eigenvalue weighted by atomic mass is 9.88. The van der Waals surface area contributed by atoms with E-state index in [1.54, 1.807) is 0 Å². The second-order valence-electron chi connectivity index (χ2n) is 18.5. The van der Waals surface area contributed by atoms with Crippen molar-refractivity contribution >= 4 is 36.1 Å². The first-order valence-electron chi connectivity index (χ1n) is 24.2. The van der Waals surface area contributed by atoms with Gasteiger partial charge in [0.2, 0.25) is 0 Å². The van der Waals surface area contributed by atoms with Crippen LogP contribution in [0.5, 0.6) is 0 Å². The molecule has 60 heavy (non-hydrogen) atoms. The smallest absolute Gasteiger partial charge is 0.195 e. The van der Waals surface area contributed by atoms with E-state index in [0.717, 1.165) is 63.0 Å². The van der Waals surface area contributed by atoms with Gasteiger partial charge in [-0.05, 0) is 71.2 Å². The van der Waals surface area contributed by atoms with Crippen molar-refractivity contribution in [1.82, 2.24) is 0 Å². The molecule has 0 aliphatic heterocycles. The summed E-state index contributed by atoms with van der Waals surface area (Å²) in [6.45, 7) is 11.4. The molecular formula is C58H76OSi. The van der Waals surface area contributed by atoms with Gasteiger partial charge in [-0.1, -0.05) is 246 Å². The van der Waals surface area contributed by atoms with E-state index in [4.69, 9.17) is 0 Å². The second kappa shape index (κ2) is 25.5. The molecule has 0 bridgehead atoms. The van der Waals surface area contributed by atoms with Gasteiger partial charge in [-0.2, -0.15) is 0 Å². The van der Waals surface area contributed by atoms with E-state index < -0.39 is 8.07 Å². The molecule has 0 radical (unpaired) electrons. The molecule has 0 amide bonds. The van der Waals surface area contributed by atoms with E-state index in [9.17, 15) is 0 Å². The summed E-state index contributed by atoms with van der Waals surface area (Å²) in [7, 11) is -1.58. The van der Waals surface area contributed by atoms with Crippen LogP contribution in [-0.2, 0) is 17.6 Å². The minimum Gasteiger partial charge on any atom is -0.289 e. The van der Waals surface area contributed by atoms with E-state index in [1.807, 2.05) is 0 Å². The van der Waals surface area contributed by atoms with E-state index in [1.165, 1.54) is 140 Å². The van der Waals surface area contributed by atoms with Gasteiger partial charge in [0.1, 0.15) is 8.07 Å². The average molecular weight is 817 g/mol. The Morgan fingerprint density at radius 1 is 0.400 bits per heavy atom. The molecule has 0 spiro atoms. The normalized spacial score (nSPS) is 13.0. The molecule has 1 nitrogen and oxygen atoms in total. The van der Waals surface area contributed by atoms with Gasteiger partial charge in [0.15, 0.2) is 5.78 Å². The Bertz CT molecular complexity index is 2010. The molecule has 0 fully saturated rings. The van der Waals surface area contributed by atoms with Crippen molar-refractivity contribution in [2.75, 3.05) is 0 Å². The average Bonchev–Trinajstić information content (AvgIpc) is 3.57. The summed E-state index contributed by atoms with van der Waals surface area (Å²) >= 11 is 0. The maximum absolute atomic E-state index is 15.2. The fourth-order valence-corrected chi connectivity index (χ4v) is 9.18. The third-order valence-corrected chi connectivity index (χ3v) is 13.0. The number of carbonyl (C=O) groups is 1. The van der Waals surface area contributed by atoms with E-state index in [2.05, 4.69) is 148 Å². The first-order chi connectivity index (χ1) is 29.3. The number of aryl methyl sites for hydroxylation is 2. The first kappa shape index (κ1) is 46.9. The molecule has 1 aliphatic rings. The van der Waals surface area contributed by atoms with Gasteiger partial charge >= 0.3 is 0 Å². The molecule has 4 aromatic carbocycles. The van der Waals surface area contributed by atoms with Crippen LogP contribution in [0.2, 0.25) is 19.6 Å². The molecule has 318 valence electrons. The van der Waals surface area contributed by atoms with E-state index >= 15 is 4.79 Å². The predicted molar refractivity (Wildman–Crippen MR) is 266 cm³/mol. The third-order valence-electron chi connectivity index (χ3n) is 12.1. The van der Waals surface area contributed by atoms with Gasteiger partial charge < -0.3 is 0 Å². The number of ketones is 1. The fourth-order valence-electron chi connectivity index (χ4n) is 8.66. The van der Waals surface area contributed by atoms with Crippen LogP contribution in [0.4, 0.5) is 0 Å². The monoisotopic (exact) mass is 817 g/mol. The van der Waals surface area contributed by atoms with Crippen LogP contribution in [0.1, 0.15) is 181 Å². The molecule has 0 saturated heterocycles. The Balaban J connectivity index is 1.38. The molecule has 0 heterocycles. The minimum absolute atomic E-state index is 0.104. The van der Waals surface area contributed by atoms with Crippen LogP contribution in [-0.4, -0.2) is 13.9 Å². The van der Waals surface area contributed by atoms with Gasteiger partial charge in [-0.25, -0.2) is 0 Å². The predicted octanol–water partition coefficient (Wildman–Crippen LogP) is 16.9. The number of hydrogen-bond donors (Lipinski definition) is 0. The Hall–Kier alpha value is -4.19. The number of Topliss-reactive ketones (excluding diaryl/α,β-unsaturated/α-hetero) is 1. The molecule has 0 aromatic heterocycles. The van der Waals surface area contributed by atoms with Crippen LogP contribution < -0.4 is 0 Å². The summed E-state index contributed by atoms with van der Waals surface area (Å²) in [5.41, 5.74) is 15.0. The van der Waals surface area contributed by atoms with Crippen molar-refractivity contribution in [3.05, 3.63) is 142 Å². The largest absolute Gasteiger partial charge is 0.289 e. The molecule has 0 saturated carbocycles. The van der Waals surface area contributed by atoms with Crippen molar-refractivity contribution in [3.8, 4) is 11.5 Å². The SMILES string of the molecule is CCCCCCCCCCCCc1ccc(C2=C(c3ccccc3)C(c3cccc(C#C[Si](C)(C)C)c3)=C(c3ccc(CCCCCCCCCCCC)cc3)C2=O)cc1. The summed E-state index contributed by atoms with van der Waals surface area (Å²) in [4.78, 5) is 15.2. The molecule has 2 heteroatoms. The summed E-state index contributed by atoms with van der Waals surface area (Å²) in [6, 6.07) is 37.0. The highest BCUT2D eigenvalue weighted by Gasteiger charge is 2.35. The fraction of sp³-hybridized carbons (Fsp3) is 0.466. The summed E-state index contributed by atoms with van der Waals surface area (Å²) in [5.74, 6) is 3.60. The van der Waals surface area contributed by atoms with Gasteiger partial charge in [0.05, 0.1) is 0 Å². The van der Waals surface area contributed by atoms with Gasteiger partial charge in [-0.15, -0.1) is 5.54 Å². The highest BCUT2D eigenvalue weighted by atomic mass is 28.3. The van der Waals surface area contributed by atoms with Crippen LogP contribution in [0, 0.1) is 11.5 Å². The highest BCUT2D eigenvalue weighted by Crippen LogP contribution is 2.50. The molecular weight excluding hydrogens is 741 g/mol. The Morgan fingerprint density at radius 3 is 1.22 bits per heavy atom. The van der Waals surface area contributed by atoms with Gasteiger partial charge in [0, 0.05) is 27.9 Å². The maximum atomic E-state index is 15.2. The Morgan fingerprint density at radius 2 is 0.783 bits per heavy atom. The van der Waals surface area contributed by atoms with E-state index in [0.29, 0.717) is 0 Å². The van der Waals surface area contributed by atoms with Gasteiger partial charge in [0.25, 0.3) is 0 Å². The quantitative estimate of drug-likeness (QED) is 0.0350. The lowest BCUT2D eigenvalue weighted by Crippen LogP contribution is -2.16. The standard InChI is InChI=1S/C58H76OSi/c1-6-8-10-12-14-16-18-20-22-25-30-47-36-40-51(41-37-47)56-54(50-33-27-24-28-34-50)55(53-35-29-32-49(46-53)44-45-60(3,4)5)57(58(56)59)52-42-38-48(39-43-52)31-26-23-21-19-17-15-13-11-9-7-2/h24,27-29,32-43,46H,6-23,25-26,30-31H2,1-5H3. The van der Waals surface area contributed by atoms with Crippen molar-refractivity contribution in [2.45, 2.75) is 175 Å². The number of hydrogen-bond acceptors (Lipinski definition) is 1. The number of benzene rings is 4. The van der Waals surface area contributed by atoms with Crippen LogP contribution >= 0.6 is 0 Å². The zero-order valence-electron chi connectivity index (χ0n) is 38.3. The highest BCUT2D eigenvalue weighted by molar-refractivity contribution is 6.83. The summed E-state index contributed by atoms with van der Waals surface area (Å²) in [5, 5.41) is 0. The topological polar surface area (TPSA) is 17.1 Å². The first-order valence-corrected chi connectivity index (χ1v) is 27.7. The van der Waals surface area contributed by atoms with Gasteiger partial charge in [-0.3, -0.25) is 4.79 Å². The van der Waals surface area contributed by atoms with Crippen LogP contribution in [0.3, 0.4) is 0 Å². The number of allylic oxidation sites excluding steroid dienone is 4. The molecule has 5 rings (SSSR count). The van der Waals surface area contributed by atoms with Crippen molar-refractivity contribution in [3.63, 3.8) is 0 Å². The molecule has 0 atom stereocenters. The molecule has 1 aliphatic carbocycles. The zero-order valence-corrected chi connectivity index (χ0v) is 39.3. The number of unbranched alkanes of at least 4 members (excludes halogenated alkanes) is 18. The lowest BCUT2D eigenvalue weighted by Gasteiger charge is -2.14. The zero-order chi connectivity index (χ0) is 42.4. The number of carbonyl (C=O) groups excluding carboxylic acids is 1. The molecule has 4 aromatic rings. The van der Waals surface area contributed by atoms with E-state index in [-0.39, 0.29) is 5.78 Å². The second-order valence-corrected chi connectivity index (χ2v) is 23.3. The summed E-state index contributed by atoms with van der Waals surface area (Å²) in [6.07, 6.45) is 29.1. The van der Waals surface area contributed by atoms with Crippen molar-refractivity contribution in [2.24, 2.45) is 0 Å². The maximum Gasteiger partial charge on any atom is 0.195 e.